The third kappa shape index (κ3) is 6.32. The molecule has 0 saturated heterocycles. The van der Waals surface area contributed by atoms with Crippen LogP contribution >= 0.6 is 0 Å². The van der Waals surface area contributed by atoms with Crippen LogP contribution in [0.25, 0.3) is 0 Å². The summed E-state index contributed by atoms with van der Waals surface area (Å²) in [6, 6.07) is 0. The number of aliphatic imine (C=N–C) groups is 1. The third-order valence-electron chi connectivity index (χ3n) is 4.65. The normalized spacial score (nSPS) is 19.3. The summed E-state index contributed by atoms with van der Waals surface area (Å²) in [7, 11) is 0. The first kappa shape index (κ1) is 23.6. The Morgan fingerprint density at radius 1 is 1.04 bits per heavy atom. The molecule has 0 aromatic rings. The van der Waals surface area contributed by atoms with Crippen LogP contribution in [0.4, 0.5) is 17.6 Å². The fourth-order valence-corrected chi connectivity index (χ4v) is 2.57. The van der Waals surface area contributed by atoms with Gasteiger partial charge in [-0.05, 0) is 55.1 Å². The molecule has 1 aliphatic carbocycles. The van der Waals surface area contributed by atoms with Crippen LogP contribution in [0.15, 0.2) is 89.7 Å². The molecule has 28 heavy (non-hydrogen) atoms. The van der Waals surface area contributed by atoms with E-state index in [1.165, 1.54) is 13.0 Å². The first-order chi connectivity index (χ1) is 12.9. The van der Waals surface area contributed by atoms with Gasteiger partial charge >= 0.3 is 11.8 Å². The number of nitrogens with zero attached hydrogens (tertiary/aromatic N) is 1. The van der Waals surface area contributed by atoms with E-state index in [4.69, 9.17) is 0 Å². The van der Waals surface area contributed by atoms with Crippen molar-refractivity contribution in [1.29, 1.82) is 0 Å². The zero-order valence-corrected chi connectivity index (χ0v) is 16.5. The van der Waals surface area contributed by atoms with Crippen LogP contribution in [-0.2, 0) is 0 Å². The molecular weight excluding hydrogens is 366 g/mol. The van der Waals surface area contributed by atoms with Crippen molar-refractivity contribution in [3.63, 3.8) is 0 Å². The molecule has 1 rings (SSSR count). The number of halogens is 4. The van der Waals surface area contributed by atoms with E-state index < -0.39 is 24.7 Å². The van der Waals surface area contributed by atoms with Gasteiger partial charge in [0.25, 0.3) is 0 Å². The molecule has 0 amide bonds. The third-order valence-corrected chi connectivity index (χ3v) is 4.65. The summed E-state index contributed by atoms with van der Waals surface area (Å²) in [4.78, 5) is 4.23. The van der Waals surface area contributed by atoms with E-state index in [0.29, 0.717) is 18.4 Å². The van der Waals surface area contributed by atoms with Crippen molar-refractivity contribution in [3.8, 4) is 0 Å². The van der Waals surface area contributed by atoms with Crippen LogP contribution in [0.5, 0.6) is 0 Å². The van der Waals surface area contributed by atoms with Crippen molar-refractivity contribution in [2.24, 2.45) is 4.99 Å². The van der Waals surface area contributed by atoms with Gasteiger partial charge in [0.05, 0.1) is 0 Å². The lowest BCUT2D eigenvalue weighted by Crippen LogP contribution is -2.43. The number of hydrogen-bond acceptors (Lipinski definition) is 1. The highest BCUT2D eigenvalue weighted by Crippen LogP contribution is 2.47. The van der Waals surface area contributed by atoms with Gasteiger partial charge in [0.2, 0.25) is 0 Å². The standard InChI is InChI=1S/C23H27F4N/c1-7-8-13-28-20(6)18(4)10-9-16(2)17(3)11-12-21-15-23(26,27)22(24,25)14-19(21)5/h7-8,11-13H,1-4,9-10,14-15H2,5-6H3/b12-11-,13-8-,28-20?. The van der Waals surface area contributed by atoms with Crippen LogP contribution in [0.2, 0.25) is 0 Å². The van der Waals surface area contributed by atoms with Crippen molar-refractivity contribution < 1.29 is 17.6 Å². The molecule has 0 spiro atoms. The van der Waals surface area contributed by atoms with Gasteiger partial charge in [0, 0.05) is 24.8 Å². The highest BCUT2D eigenvalue weighted by molar-refractivity contribution is 5.98. The summed E-state index contributed by atoms with van der Waals surface area (Å²) in [6.07, 6.45) is 7.23. The van der Waals surface area contributed by atoms with E-state index in [9.17, 15) is 17.6 Å². The van der Waals surface area contributed by atoms with Gasteiger partial charge < -0.3 is 0 Å². The zero-order chi connectivity index (χ0) is 21.5. The van der Waals surface area contributed by atoms with E-state index in [1.54, 1.807) is 24.4 Å². The Morgan fingerprint density at radius 3 is 2.21 bits per heavy atom. The maximum absolute atomic E-state index is 13.6. The molecule has 0 unspecified atom stereocenters. The summed E-state index contributed by atoms with van der Waals surface area (Å²) in [5, 5.41) is 0. The van der Waals surface area contributed by atoms with Gasteiger partial charge in [0.15, 0.2) is 0 Å². The maximum Gasteiger partial charge on any atom is 0.314 e. The molecular formula is C23H27F4N. The van der Waals surface area contributed by atoms with Gasteiger partial charge in [-0.25, -0.2) is 0 Å². The van der Waals surface area contributed by atoms with Gasteiger partial charge in [-0.1, -0.05) is 50.1 Å². The summed E-state index contributed by atoms with van der Waals surface area (Å²) in [6.45, 7) is 18.7. The lowest BCUT2D eigenvalue weighted by atomic mass is 9.86. The van der Waals surface area contributed by atoms with E-state index in [2.05, 4.69) is 31.3 Å². The number of hydrogen-bond donors (Lipinski definition) is 0. The summed E-state index contributed by atoms with van der Waals surface area (Å²) in [5.74, 6) is -8.05. The van der Waals surface area contributed by atoms with Crippen molar-refractivity contribution in [2.45, 2.75) is 51.4 Å². The Balaban J connectivity index is 2.69. The fraction of sp³-hybridized carbons (Fsp3) is 0.348. The predicted octanol–water partition coefficient (Wildman–Crippen LogP) is 7.53. The minimum absolute atomic E-state index is 0.214. The molecule has 0 aromatic heterocycles. The first-order valence-corrected chi connectivity index (χ1v) is 8.91. The molecule has 0 saturated carbocycles. The SMILES string of the molecule is C=C/C=C\N=C(C)C(=C)CCC(=C)C(=C)/C=C\C1=C(C)CC(F)(F)C(F)(F)C1. The molecule has 152 valence electrons. The monoisotopic (exact) mass is 393 g/mol. The number of allylic oxidation sites excluding steroid dienone is 9. The Morgan fingerprint density at radius 2 is 1.61 bits per heavy atom. The second-order valence-electron chi connectivity index (χ2n) is 6.93. The minimum atomic E-state index is -4.04. The smallest absolute Gasteiger partial charge is 0.261 e. The van der Waals surface area contributed by atoms with E-state index in [0.717, 1.165) is 16.9 Å². The van der Waals surface area contributed by atoms with Crippen LogP contribution in [0.1, 0.15) is 39.5 Å². The number of alkyl halides is 4. The summed E-state index contributed by atoms with van der Waals surface area (Å²) in [5.41, 5.74) is 3.40. The van der Waals surface area contributed by atoms with Crippen LogP contribution in [-0.4, -0.2) is 17.6 Å². The van der Waals surface area contributed by atoms with Crippen molar-refractivity contribution in [1.82, 2.24) is 0 Å². The Hall–Kier alpha value is -2.43. The quantitative estimate of drug-likeness (QED) is 0.218. The van der Waals surface area contributed by atoms with Crippen LogP contribution in [0.3, 0.4) is 0 Å². The molecule has 0 aliphatic heterocycles. The second-order valence-corrected chi connectivity index (χ2v) is 6.93. The minimum Gasteiger partial charge on any atom is -0.261 e. The Kier molecular flexibility index (Phi) is 8.15. The molecule has 1 aliphatic rings. The topological polar surface area (TPSA) is 12.4 Å². The molecule has 0 radical (unpaired) electrons. The van der Waals surface area contributed by atoms with Crippen LogP contribution in [0, 0.1) is 0 Å². The highest BCUT2D eigenvalue weighted by atomic mass is 19.3. The maximum atomic E-state index is 13.6. The van der Waals surface area contributed by atoms with Crippen LogP contribution < -0.4 is 0 Å². The average Bonchev–Trinajstić information content (AvgIpc) is 2.60. The Bertz CT molecular complexity index is 776. The molecule has 0 heterocycles. The molecule has 0 N–H and O–H groups in total. The zero-order valence-electron chi connectivity index (χ0n) is 16.5. The Labute approximate surface area is 164 Å². The first-order valence-electron chi connectivity index (χ1n) is 8.91. The van der Waals surface area contributed by atoms with Gasteiger partial charge in [-0.15, -0.1) is 0 Å². The van der Waals surface area contributed by atoms with Gasteiger partial charge in [-0.3, -0.25) is 4.99 Å². The largest absolute Gasteiger partial charge is 0.314 e. The predicted molar refractivity (Wildman–Crippen MR) is 110 cm³/mol. The summed E-state index contributed by atoms with van der Waals surface area (Å²) < 4.78 is 54.0. The van der Waals surface area contributed by atoms with E-state index in [1.807, 2.05) is 6.92 Å². The highest BCUT2D eigenvalue weighted by Gasteiger charge is 2.58. The van der Waals surface area contributed by atoms with Gasteiger partial charge in [-0.2, -0.15) is 17.6 Å². The molecule has 5 heteroatoms. The second kappa shape index (κ2) is 9.67. The number of rotatable bonds is 9. The van der Waals surface area contributed by atoms with Crippen molar-refractivity contribution in [3.05, 3.63) is 84.7 Å². The molecule has 0 atom stereocenters. The molecule has 1 nitrogen and oxygen atoms in total. The molecule has 0 bridgehead atoms. The molecule has 0 aromatic carbocycles. The lowest BCUT2D eigenvalue weighted by molar-refractivity contribution is -0.210. The van der Waals surface area contributed by atoms with Crippen molar-refractivity contribution >= 4 is 5.71 Å². The fourth-order valence-electron chi connectivity index (χ4n) is 2.57. The summed E-state index contributed by atoms with van der Waals surface area (Å²) >= 11 is 0. The average molecular weight is 393 g/mol. The van der Waals surface area contributed by atoms with Gasteiger partial charge in [0.1, 0.15) is 0 Å². The van der Waals surface area contributed by atoms with Crippen molar-refractivity contribution in [2.75, 3.05) is 0 Å². The lowest BCUT2D eigenvalue weighted by Gasteiger charge is -2.32. The van der Waals surface area contributed by atoms with E-state index in [-0.39, 0.29) is 11.1 Å². The molecule has 0 fully saturated rings. The van der Waals surface area contributed by atoms with E-state index >= 15 is 0 Å².